The second kappa shape index (κ2) is 5.74. The fourth-order valence-electron chi connectivity index (χ4n) is 2.09. The van der Waals surface area contributed by atoms with Crippen molar-refractivity contribution in [1.29, 1.82) is 0 Å². The minimum atomic E-state index is -0.0870. The van der Waals surface area contributed by atoms with Gasteiger partial charge in [0.1, 0.15) is 6.54 Å². The molecule has 3 rings (SSSR count). The molecule has 0 aliphatic carbocycles. The van der Waals surface area contributed by atoms with Gasteiger partial charge in [-0.3, -0.25) is 9.48 Å². The summed E-state index contributed by atoms with van der Waals surface area (Å²) < 4.78 is 12.4. The van der Waals surface area contributed by atoms with Gasteiger partial charge in [0.05, 0.1) is 11.9 Å². The zero-order chi connectivity index (χ0) is 14.7. The summed E-state index contributed by atoms with van der Waals surface area (Å²) in [4.78, 5) is 11.3. The summed E-state index contributed by atoms with van der Waals surface area (Å²) in [7, 11) is 1.60. The van der Waals surface area contributed by atoms with Crippen molar-refractivity contribution in [2.24, 2.45) is 0 Å². The van der Waals surface area contributed by atoms with Gasteiger partial charge in [0.2, 0.25) is 12.7 Å². The first kappa shape index (κ1) is 13.3. The molecule has 0 spiro atoms. The van der Waals surface area contributed by atoms with E-state index < -0.39 is 0 Å². The predicted octanol–water partition coefficient (Wildman–Crippen LogP) is 0.970. The van der Waals surface area contributed by atoms with Crippen LogP contribution in [0.15, 0.2) is 30.6 Å². The summed E-state index contributed by atoms with van der Waals surface area (Å²) in [6.07, 6.45) is 3.47. The molecule has 0 atom stereocenters. The lowest BCUT2D eigenvalue weighted by Crippen LogP contribution is -2.23. The Morgan fingerprint density at radius 3 is 3.19 bits per heavy atom. The van der Waals surface area contributed by atoms with Gasteiger partial charge in [-0.2, -0.15) is 5.10 Å². The Morgan fingerprint density at radius 2 is 2.33 bits per heavy atom. The molecule has 0 saturated carbocycles. The molecular weight excluding hydrogens is 272 g/mol. The van der Waals surface area contributed by atoms with Crippen molar-refractivity contribution in [3.8, 4) is 11.5 Å². The van der Waals surface area contributed by atoms with Gasteiger partial charge in [-0.25, -0.2) is 0 Å². The summed E-state index contributed by atoms with van der Waals surface area (Å²) in [6, 6.07) is 5.79. The Bertz CT molecular complexity index is 653. The van der Waals surface area contributed by atoms with Gasteiger partial charge < -0.3 is 20.1 Å². The lowest BCUT2D eigenvalue weighted by atomic mass is 10.2. The van der Waals surface area contributed by atoms with E-state index >= 15 is 0 Å². The van der Waals surface area contributed by atoms with E-state index in [9.17, 15) is 4.79 Å². The van der Waals surface area contributed by atoms with Gasteiger partial charge in [-0.05, 0) is 6.07 Å². The number of fused-ring (bicyclic) bond motifs is 1. The van der Waals surface area contributed by atoms with Crippen LogP contribution in [0.25, 0.3) is 0 Å². The van der Waals surface area contributed by atoms with E-state index in [-0.39, 0.29) is 19.2 Å². The Morgan fingerprint density at radius 1 is 1.43 bits per heavy atom. The van der Waals surface area contributed by atoms with Crippen LogP contribution in [0, 0.1) is 0 Å². The Hall–Kier alpha value is -2.70. The highest BCUT2D eigenvalue weighted by Gasteiger charge is 2.16. The van der Waals surface area contributed by atoms with Crippen molar-refractivity contribution in [3.05, 3.63) is 36.2 Å². The molecular formula is C14H16N4O3. The largest absolute Gasteiger partial charge is 0.454 e. The molecule has 21 heavy (non-hydrogen) atoms. The molecule has 1 aliphatic rings. The Balaban J connectivity index is 1.63. The lowest BCUT2D eigenvalue weighted by Gasteiger charge is -2.07. The van der Waals surface area contributed by atoms with Crippen molar-refractivity contribution in [3.63, 3.8) is 0 Å². The summed E-state index contributed by atoms with van der Waals surface area (Å²) in [5.41, 5.74) is 1.86. The topological polar surface area (TPSA) is 77.4 Å². The van der Waals surface area contributed by atoms with Gasteiger partial charge in [-0.1, -0.05) is 12.1 Å². The number of carbonyl (C=O) groups is 1. The van der Waals surface area contributed by atoms with E-state index in [4.69, 9.17) is 9.47 Å². The summed E-state index contributed by atoms with van der Waals surface area (Å²) >= 11 is 0. The monoisotopic (exact) mass is 288 g/mol. The van der Waals surface area contributed by atoms with Gasteiger partial charge >= 0.3 is 0 Å². The van der Waals surface area contributed by atoms with Crippen LogP contribution in [0.3, 0.4) is 0 Å². The van der Waals surface area contributed by atoms with Crippen LogP contribution in [-0.2, 0) is 17.9 Å². The average Bonchev–Trinajstić information content (AvgIpc) is 3.13. The van der Waals surface area contributed by atoms with Crippen LogP contribution in [-0.4, -0.2) is 29.5 Å². The highest BCUT2D eigenvalue weighted by molar-refractivity contribution is 5.75. The number of nitrogens with one attached hydrogen (secondary N) is 2. The first-order valence-corrected chi connectivity index (χ1v) is 6.60. The van der Waals surface area contributed by atoms with Gasteiger partial charge in [-0.15, -0.1) is 0 Å². The zero-order valence-electron chi connectivity index (χ0n) is 11.6. The van der Waals surface area contributed by atoms with Crippen LogP contribution in [0.1, 0.15) is 5.56 Å². The van der Waals surface area contributed by atoms with E-state index in [1.54, 1.807) is 24.1 Å². The maximum absolute atomic E-state index is 11.3. The highest BCUT2D eigenvalue weighted by Crippen LogP contribution is 2.35. The number of hydrogen-bond donors (Lipinski definition) is 2. The van der Waals surface area contributed by atoms with Crippen LogP contribution in [0.2, 0.25) is 0 Å². The Kier molecular flexibility index (Phi) is 3.63. The van der Waals surface area contributed by atoms with E-state index in [0.29, 0.717) is 6.54 Å². The number of anilines is 1. The standard InChI is InChI=1S/C14H16N4O3/c1-15-13(19)8-18-7-11(6-17-18)16-5-10-3-2-4-12-14(10)21-9-20-12/h2-4,6-7,16H,5,8-9H2,1H3,(H,15,19). The normalized spacial score (nSPS) is 12.2. The molecule has 1 aromatic heterocycles. The van der Waals surface area contributed by atoms with Crippen LogP contribution >= 0.6 is 0 Å². The van der Waals surface area contributed by atoms with Crippen LogP contribution < -0.4 is 20.1 Å². The average molecular weight is 288 g/mol. The van der Waals surface area contributed by atoms with E-state index in [2.05, 4.69) is 15.7 Å². The van der Waals surface area contributed by atoms with Gasteiger partial charge in [0, 0.05) is 25.4 Å². The van der Waals surface area contributed by atoms with Crippen molar-refractivity contribution in [1.82, 2.24) is 15.1 Å². The number of amides is 1. The molecule has 2 heterocycles. The van der Waals surface area contributed by atoms with Crippen molar-refractivity contribution >= 4 is 11.6 Å². The third kappa shape index (κ3) is 2.91. The molecule has 110 valence electrons. The molecule has 0 unspecified atom stereocenters. The molecule has 2 aromatic rings. The van der Waals surface area contributed by atoms with E-state index in [1.165, 1.54) is 0 Å². The molecule has 1 aliphatic heterocycles. The predicted molar refractivity (Wildman–Crippen MR) is 76.2 cm³/mol. The Labute approximate surface area is 121 Å². The maximum atomic E-state index is 11.3. The number of ether oxygens (including phenoxy) is 2. The molecule has 0 bridgehead atoms. The van der Waals surface area contributed by atoms with Gasteiger partial charge in [0.15, 0.2) is 11.5 Å². The number of aromatic nitrogens is 2. The zero-order valence-corrected chi connectivity index (χ0v) is 11.6. The second-order valence-electron chi connectivity index (χ2n) is 4.60. The highest BCUT2D eigenvalue weighted by atomic mass is 16.7. The summed E-state index contributed by atoms with van der Waals surface area (Å²) in [6.45, 7) is 1.06. The third-order valence-corrected chi connectivity index (χ3v) is 3.18. The quantitative estimate of drug-likeness (QED) is 0.857. The number of likely N-dealkylation sites (N-methyl/N-ethyl adjacent to an activating group) is 1. The number of carbonyl (C=O) groups excluding carboxylic acids is 1. The smallest absolute Gasteiger partial charge is 0.241 e. The molecule has 1 aromatic carbocycles. The summed E-state index contributed by atoms with van der Waals surface area (Å²) in [5, 5.41) is 9.94. The maximum Gasteiger partial charge on any atom is 0.241 e. The van der Waals surface area contributed by atoms with E-state index in [1.807, 2.05) is 18.2 Å². The lowest BCUT2D eigenvalue weighted by molar-refractivity contribution is -0.121. The first-order chi connectivity index (χ1) is 10.3. The fraction of sp³-hybridized carbons (Fsp3) is 0.286. The van der Waals surface area contributed by atoms with Crippen LogP contribution in [0.5, 0.6) is 11.5 Å². The van der Waals surface area contributed by atoms with Gasteiger partial charge in [0.25, 0.3) is 0 Å². The molecule has 0 fully saturated rings. The van der Waals surface area contributed by atoms with Crippen molar-refractivity contribution in [2.75, 3.05) is 19.2 Å². The van der Waals surface area contributed by atoms with E-state index in [0.717, 1.165) is 22.7 Å². The molecule has 0 radical (unpaired) electrons. The fourth-order valence-corrected chi connectivity index (χ4v) is 2.09. The molecule has 7 heteroatoms. The molecule has 0 saturated heterocycles. The van der Waals surface area contributed by atoms with Crippen molar-refractivity contribution in [2.45, 2.75) is 13.1 Å². The number of rotatable bonds is 5. The van der Waals surface area contributed by atoms with Crippen LogP contribution in [0.4, 0.5) is 5.69 Å². The van der Waals surface area contributed by atoms with Crippen molar-refractivity contribution < 1.29 is 14.3 Å². The number of hydrogen-bond acceptors (Lipinski definition) is 5. The minimum absolute atomic E-state index is 0.0870. The summed E-state index contributed by atoms with van der Waals surface area (Å²) in [5.74, 6) is 1.46. The second-order valence-corrected chi connectivity index (χ2v) is 4.60. The molecule has 2 N–H and O–H groups in total. The molecule has 7 nitrogen and oxygen atoms in total. The minimum Gasteiger partial charge on any atom is -0.454 e. The number of para-hydroxylation sites is 1. The molecule has 1 amide bonds. The SMILES string of the molecule is CNC(=O)Cn1cc(NCc2cccc3c2OCO3)cn1. The number of nitrogens with zero attached hydrogens (tertiary/aromatic N) is 2. The first-order valence-electron chi connectivity index (χ1n) is 6.60. The number of benzene rings is 1. The third-order valence-electron chi connectivity index (χ3n) is 3.18.